The van der Waals surface area contributed by atoms with Gasteiger partial charge >= 0.3 is 5.97 Å². The molecule has 90 valence electrons. The molecule has 0 radical (unpaired) electrons. The average molecular weight is 232 g/mol. The maximum Gasteiger partial charge on any atom is 0.330 e. The molecule has 3 heteroatoms. The number of fused-ring (bicyclic) bond motifs is 1. The molecule has 1 aromatic rings. The number of aliphatic carboxylic acids is 1. The maximum absolute atomic E-state index is 9.86. The Bertz CT molecular complexity index is 458. The molecule has 2 N–H and O–H groups in total. The van der Waals surface area contributed by atoms with E-state index in [0.717, 1.165) is 11.1 Å². The molecule has 0 bridgehead atoms. The van der Waals surface area contributed by atoms with Gasteiger partial charge in [-0.3, -0.25) is 0 Å². The number of benzene rings is 1. The molecule has 0 heterocycles. The summed E-state index contributed by atoms with van der Waals surface area (Å²) in [6, 6.07) is 7.86. The van der Waals surface area contributed by atoms with E-state index in [-0.39, 0.29) is 6.10 Å². The van der Waals surface area contributed by atoms with Crippen LogP contribution in [0, 0.1) is 0 Å². The first-order valence-corrected chi connectivity index (χ1v) is 5.37. The summed E-state index contributed by atoms with van der Waals surface area (Å²) in [5, 5.41) is 17.4. The molecule has 0 aromatic heterocycles. The number of carboxylic acids is 1. The summed E-state index contributed by atoms with van der Waals surface area (Å²) in [7, 11) is 0. The van der Waals surface area contributed by atoms with Crippen LogP contribution in [0.5, 0.6) is 0 Å². The largest absolute Gasteiger partial charge is 0.478 e. The average Bonchev–Trinajstić information content (AvgIpc) is 2.71. The molecule has 1 unspecified atom stereocenters. The van der Waals surface area contributed by atoms with Crippen molar-refractivity contribution in [3.63, 3.8) is 0 Å². The number of allylic oxidation sites excluding steroid dienone is 1. The minimum absolute atomic E-state index is 0.379. The molecular weight excluding hydrogens is 216 g/mol. The summed E-state index contributed by atoms with van der Waals surface area (Å²) in [5.41, 5.74) is 2.54. The second-order valence-electron chi connectivity index (χ2n) is 3.71. The summed E-state index contributed by atoms with van der Waals surface area (Å²) >= 11 is 0. The Labute approximate surface area is 101 Å². The molecular formula is C14H16O3. The van der Waals surface area contributed by atoms with Crippen LogP contribution in [0.3, 0.4) is 0 Å². The lowest BCUT2D eigenvalue weighted by atomic mass is 10.1. The lowest BCUT2D eigenvalue weighted by molar-refractivity contribution is -0.132. The van der Waals surface area contributed by atoms with Crippen molar-refractivity contribution in [3.8, 4) is 0 Å². The number of aliphatic hydroxyl groups excluding tert-OH is 1. The van der Waals surface area contributed by atoms with E-state index in [1.54, 1.807) is 26.0 Å². The van der Waals surface area contributed by atoms with E-state index in [1.807, 2.05) is 30.3 Å². The predicted octanol–water partition coefficient (Wildman–Crippen LogP) is 2.78. The number of carboxylic acid groups (broad SMARTS) is 1. The highest BCUT2D eigenvalue weighted by Gasteiger charge is 2.11. The number of hydrogen-bond donors (Lipinski definition) is 2. The van der Waals surface area contributed by atoms with Crippen LogP contribution in [0.4, 0.5) is 0 Å². The summed E-state index contributed by atoms with van der Waals surface area (Å²) in [6.07, 6.45) is 4.92. The van der Waals surface area contributed by atoms with Gasteiger partial charge < -0.3 is 10.2 Å². The van der Waals surface area contributed by atoms with Gasteiger partial charge in [0.15, 0.2) is 0 Å². The molecule has 1 aromatic carbocycles. The smallest absolute Gasteiger partial charge is 0.330 e. The van der Waals surface area contributed by atoms with Gasteiger partial charge in [-0.1, -0.05) is 42.5 Å². The predicted molar refractivity (Wildman–Crippen MR) is 67.5 cm³/mol. The number of rotatable bonds is 1. The molecule has 0 saturated heterocycles. The van der Waals surface area contributed by atoms with Gasteiger partial charge in [-0.2, -0.15) is 0 Å². The lowest BCUT2D eigenvalue weighted by Crippen LogP contribution is -1.93. The Kier molecular flexibility index (Phi) is 4.67. The Morgan fingerprint density at radius 1 is 1.35 bits per heavy atom. The fourth-order valence-electron chi connectivity index (χ4n) is 1.35. The second kappa shape index (κ2) is 6.01. The Balaban J connectivity index is 0.000000185. The molecule has 0 saturated carbocycles. The molecule has 0 aliphatic heterocycles. The van der Waals surface area contributed by atoms with Gasteiger partial charge in [0, 0.05) is 5.57 Å². The first kappa shape index (κ1) is 13.2. The fraction of sp³-hybridized carbons (Fsp3) is 0.214. The van der Waals surface area contributed by atoms with Crippen molar-refractivity contribution in [3.05, 3.63) is 53.1 Å². The SMILES string of the molecule is C/C=C(\C)C(=O)O.OC1C=Cc2ccccc21. The van der Waals surface area contributed by atoms with Gasteiger partial charge in [-0.25, -0.2) is 4.79 Å². The Hall–Kier alpha value is -1.87. The van der Waals surface area contributed by atoms with Crippen molar-refractivity contribution in [2.45, 2.75) is 20.0 Å². The molecule has 1 aliphatic carbocycles. The number of aliphatic hydroxyl groups is 1. The van der Waals surface area contributed by atoms with Gasteiger partial charge in [0.25, 0.3) is 0 Å². The van der Waals surface area contributed by atoms with Gasteiger partial charge in [0.2, 0.25) is 0 Å². The van der Waals surface area contributed by atoms with Crippen LogP contribution in [-0.2, 0) is 4.79 Å². The minimum atomic E-state index is -0.845. The zero-order chi connectivity index (χ0) is 12.8. The van der Waals surface area contributed by atoms with Gasteiger partial charge in [-0.15, -0.1) is 0 Å². The molecule has 0 spiro atoms. The van der Waals surface area contributed by atoms with E-state index in [0.29, 0.717) is 5.57 Å². The highest BCUT2D eigenvalue weighted by atomic mass is 16.4. The molecule has 0 amide bonds. The van der Waals surface area contributed by atoms with Crippen molar-refractivity contribution in [1.82, 2.24) is 0 Å². The van der Waals surface area contributed by atoms with Crippen molar-refractivity contribution in [1.29, 1.82) is 0 Å². The van der Waals surface area contributed by atoms with Gasteiger partial charge in [0.05, 0.1) is 6.10 Å². The van der Waals surface area contributed by atoms with Crippen LogP contribution in [-0.4, -0.2) is 16.2 Å². The molecule has 17 heavy (non-hydrogen) atoms. The van der Waals surface area contributed by atoms with Crippen molar-refractivity contribution in [2.75, 3.05) is 0 Å². The van der Waals surface area contributed by atoms with Crippen LogP contribution in [0.1, 0.15) is 31.1 Å². The first-order valence-electron chi connectivity index (χ1n) is 5.37. The minimum Gasteiger partial charge on any atom is -0.478 e. The monoisotopic (exact) mass is 232 g/mol. The molecule has 1 atom stereocenters. The van der Waals surface area contributed by atoms with Crippen LogP contribution in [0.2, 0.25) is 0 Å². The summed E-state index contributed by atoms with van der Waals surface area (Å²) in [5.74, 6) is -0.845. The van der Waals surface area contributed by atoms with E-state index in [4.69, 9.17) is 5.11 Å². The molecule has 0 fully saturated rings. The summed E-state index contributed by atoms with van der Waals surface area (Å²) < 4.78 is 0. The summed E-state index contributed by atoms with van der Waals surface area (Å²) in [4.78, 5) is 9.86. The van der Waals surface area contributed by atoms with Crippen molar-refractivity contribution >= 4 is 12.0 Å². The first-order chi connectivity index (χ1) is 8.06. The third-order valence-corrected chi connectivity index (χ3v) is 2.54. The van der Waals surface area contributed by atoms with E-state index in [1.165, 1.54) is 0 Å². The van der Waals surface area contributed by atoms with Crippen molar-refractivity contribution < 1.29 is 15.0 Å². The third-order valence-electron chi connectivity index (χ3n) is 2.54. The lowest BCUT2D eigenvalue weighted by Gasteiger charge is -2.00. The zero-order valence-corrected chi connectivity index (χ0v) is 9.92. The zero-order valence-electron chi connectivity index (χ0n) is 9.92. The highest BCUT2D eigenvalue weighted by Crippen LogP contribution is 2.26. The maximum atomic E-state index is 9.86. The Morgan fingerprint density at radius 2 is 2.00 bits per heavy atom. The van der Waals surface area contributed by atoms with Gasteiger partial charge in [-0.05, 0) is 25.0 Å². The van der Waals surface area contributed by atoms with Crippen LogP contribution >= 0.6 is 0 Å². The fourth-order valence-corrected chi connectivity index (χ4v) is 1.35. The van der Waals surface area contributed by atoms with E-state index < -0.39 is 5.97 Å². The molecule has 1 aliphatic rings. The topological polar surface area (TPSA) is 57.5 Å². The standard InChI is InChI=1S/C9H8O.C5H8O2/c10-9-6-5-7-3-1-2-4-8(7)9;1-3-4(2)5(6)7/h1-6,9-10H;3H,1-2H3,(H,6,7)/b;4-3+. The highest BCUT2D eigenvalue weighted by molar-refractivity contribution is 5.85. The number of hydrogen-bond acceptors (Lipinski definition) is 2. The van der Waals surface area contributed by atoms with E-state index >= 15 is 0 Å². The molecule has 3 nitrogen and oxygen atoms in total. The van der Waals surface area contributed by atoms with E-state index in [2.05, 4.69) is 0 Å². The second-order valence-corrected chi connectivity index (χ2v) is 3.71. The summed E-state index contributed by atoms with van der Waals surface area (Å²) in [6.45, 7) is 3.26. The van der Waals surface area contributed by atoms with Crippen molar-refractivity contribution in [2.24, 2.45) is 0 Å². The Morgan fingerprint density at radius 3 is 2.47 bits per heavy atom. The third kappa shape index (κ3) is 3.57. The van der Waals surface area contributed by atoms with Crippen LogP contribution in [0.25, 0.3) is 6.08 Å². The number of carbonyl (C=O) groups is 1. The van der Waals surface area contributed by atoms with Crippen LogP contribution in [0.15, 0.2) is 42.0 Å². The quantitative estimate of drug-likeness (QED) is 0.732. The normalized spacial score (nSPS) is 17.1. The van der Waals surface area contributed by atoms with E-state index in [9.17, 15) is 9.90 Å². The van der Waals surface area contributed by atoms with Gasteiger partial charge in [0.1, 0.15) is 0 Å². The molecule has 2 rings (SSSR count). The van der Waals surface area contributed by atoms with Crippen LogP contribution < -0.4 is 0 Å².